The molecule has 0 aromatic rings. The summed E-state index contributed by atoms with van der Waals surface area (Å²) in [7, 11) is 1.35. The van der Waals surface area contributed by atoms with Gasteiger partial charge in [-0.3, -0.25) is 4.90 Å². The molecule has 1 aliphatic rings. The van der Waals surface area contributed by atoms with Crippen LogP contribution in [0.15, 0.2) is 0 Å². The van der Waals surface area contributed by atoms with E-state index in [2.05, 4.69) is 6.07 Å². The minimum Gasteiger partial charge on any atom is -0.453 e. The Balaban J connectivity index is 2.78. The summed E-state index contributed by atoms with van der Waals surface area (Å²) >= 11 is 0. The van der Waals surface area contributed by atoms with Gasteiger partial charge in [-0.2, -0.15) is 5.26 Å². The highest BCUT2D eigenvalue weighted by molar-refractivity contribution is 5.69. The summed E-state index contributed by atoms with van der Waals surface area (Å²) in [5, 5.41) is 9.39. The zero-order valence-electron chi connectivity index (χ0n) is 12.3. The van der Waals surface area contributed by atoms with Gasteiger partial charge in [0.1, 0.15) is 6.04 Å². The first-order chi connectivity index (χ1) is 8.90. The fraction of sp³-hybridized carbons (Fsp3) is 0.857. The molecule has 1 rings (SSSR count). The molecule has 1 saturated heterocycles. The fourth-order valence-corrected chi connectivity index (χ4v) is 2.49. The molecule has 108 valence electrons. The molecule has 0 aliphatic carbocycles. The zero-order valence-corrected chi connectivity index (χ0v) is 12.3. The van der Waals surface area contributed by atoms with E-state index in [-0.39, 0.29) is 0 Å². The average Bonchev–Trinajstić information content (AvgIpc) is 2.37. The predicted octanol–water partition coefficient (Wildman–Crippen LogP) is 2.56. The van der Waals surface area contributed by atoms with Crippen LogP contribution >= 0.6 is 0 Å². The number of nitrogens with zero attached hydrogens (tertiary/aromatic N) is 2. The number of amides is 1. The lowest BCUT2D eigenvalue weighted by atomic mass is 9.92. The summed E-state index contributed by atoms with van der Waals surface area (Å²) in [5.74, 6) is 0.341. The maximum absolute atomic E-state index is 11.9. The standard InChI is InChI=1S/C14H24N2O3/c1-14(2,3)16(13(17)18-4)12(9-15)8-11-6-5-7-19-10-11/h11-12H,5-8,10H2,1-4H3/t11-,12-/m0/s1. The number of hydrogen-bond acceptors (Lipinski definition) is 4. The Hall–Kier alpha value is -1.28. The molecule has 0 saturated carbocycles. The Morgan fingerprint density at radius 1 is 1.58 bits per heavy atom. The highest BCUT2D eigenvalue weighted by Gasteiger charge is 2.35. The van der Waals surface area contributed by atoms with Crippen LogP contribution in [0.5, 0.6) is 0 Å². The molecule has 1 aliphatic heterocycles. The van der Waals surface area contributed by atoms with E-state index in [1.54, 1.807) is 0 Å². The van der Waals surface area contributed by atoms with Crippen molar-refractivity contribution < 1.29 is 14.3 Å². The van der Waals surface area contributed by atoms with Gasteiger partial charge < -0.3 is 9.47 Å². The molecular weight excluding hydrogens is 244 g/mol. The van der Waals surface area contributed by atoms with E-state index in [9.17, 15) is 10.1 Å². The molecule has 0 unspecified atom stereocenters. The molecule has 0 aromatic carbocycles. The highest BCUT2D eigenvalue weighted by atomic mass is 16.5. The second-order valence-corrected chi connectivity index (χ2v) is 5.97. The number of carbonyl (C=O) groups is 1. The average molecular weight is 268 g/mol. The smallest absolute Gasteiger partial charge is 0.411 e. The molecule has 5 nitrogen and oxygen atoms in total. The van der Waals surface area contributed by atoms with Crippen molar-refractivity contribution in [2.24, 2.45) is 5.92 Å². The lowest BCUT2D eigenvalue weighted by molar-refractivity contribution is 0.0281. The Bertz CT molecular complexity index is 338. The Morgan fingerprint density at radius 3 is 2.68 bits per heavy atom. The van der Waals surface area contributed by atoms with Gasteiger partial charge in [0.15, 0.2) is 0 Å². The molecule has 0 bridgehead atoms. The van der Waals surface area contributed by atoms with E-state index >= 15 is 0 Å². The molecule has 0 spiro atoms. The van der Waals surface area contributed by atoms with Gasteiger partial charge in [0.2, 0.25) is 0 Å². The van der Waals surface area contributed by atoms with Gasteiger partial charge >= 0.3 is 6.09 Å². The van der Waals surface area contributed by atoms with E-state index in [0.717, 1.165) is 19.4 Å². The molecule has 5 heteroatoms. The van der Waals surface area contributed by atoms with E-state index < -0.39 is 17.7 Å². The van der Waals surface area contributed by atoms with Gasteiger partial charge in [-0.25, -0.2) is 4.79 Å². The third-order valence-corrected chi connectivity index (χ3v) is 3.37. The first-order valence-electron chi connectivity index (χ1n) is 6.74. The van der Waals surface area contributed by atoms with Crippen molar-refractivity contribution in [3.8, 4) is 6.07 Å². The van der Waals surface area contributed by atoms with E-state index in [1.165, 1.54) is 12.0 Å². The Kier molecular flexibility index (Phi) is 5.61. The van der Waals surface area contributed by atoms with Crippen molar-refractivity contribution in [2.75, 3.05) is 20.3 Å². The predicted molar refractivity (Wildman–Crippen MR) is 71.6 cm³/mol. The van der Waals surface area contributed by atoms with Crippen molar-refractivity contribution >= 4 is 6.09 Å². The molecular formula is C14H24N2O3. The molecule has 19 heavy (non-hydrogen) atoms. The molecule has 1 fully saturated rings. The van der Waals surface area contributed by atoms with E-state index in [0.29, 0.717) is 18.9 Å². The topological polar surface area (TPSA) is 62.6 Å². The minimum atomic E-state index is -0.473. The van der Waals surface area contributed by atoms with Crippen LogP contribution in [-0.4, -0.2) is 42.9 Å². The maximum atomic E-state index is 11.9. The van der Waals surface area contributed by atoms with Crippen molar-refractivity contribution in [1.82, 2.24) is 4.90 Å². The van der Waals surface area contributed by atoms with Gasteiger partial charge in [0.05, 0.1) is 13.2 Å². The van der Waals surface area contributed by atoms with Crippen molar-refractivity contribution in [3.63, 3.8) is 0 Å². The highest BCUT2D eigenvalue weighted by Crippen LogP contribution is 2.26. The fourth-order valence-electron chi connectivity index (χ4n) is 2.49. The summed E-state index contributed by atoms with van der Waals surface area (Å²) in [6.07, 6.45) is 2.27. The van der Waals surface area contributed by atoms with Crippen molar-refractivity contribution in [1.29, 1.82) is 5.26 Å². The SMILES string of the molecule is COC(=O)N([C@H](C#N)C[C@@H]1CCCOC1)C(C)(C)C. The maximum Gasteiger partial charge on any atom is 0.411 e. The summed E-state index contributed by atoms with van der Waals surface area (Å²) in [6, 6.07) is 1.77. The van der Waals surface area contributed by atoms with Crippen LogP contribution in [0.3, 0.4) is 0 Å². The van der Waals surface area contributed by atoms with Gasteiger partial charge in [0.25, 0.3) is 0 Å². The number of carbonyl (C=O) groups excluding carboxylic acids is 1. The molecule has 0 radical (unpaired) electrons. The van der Waals surface area contributed by atoms with Crippen LogP contribution in [0, 0.1) is 17.2 Å². The van der Waals surface area contributed by atoms with E-state index in [4.69, 9.17) is 9.47 Å². The largest absolute Gasteiger partial charge is 0.453 e. The number of methoxy groups -OCH3 is 1. The first-order valence-corrected chi connectivity index (χ1v) is 6.74. The molecule has 1 amide bonds. The third-order valence-electron chi connectivity index (χ3n) is 3.37. The van der Waals surface area contributed by atoms with Crippen LogP contribution < -0.4 is 0 Å². The van der Waals surface area contributed by atoms with Crippen LogP contribution in [0.2, 0.25) is 0 Å². The summed E-state index contributed by atoms with van der Waals surface area (Å²) in [5.41, 5.74) is -0.441. The number of ether oxygens (including phenoxy) is 2. The van der Waals surface area contributed by atoms with Crippen LogP contribution in [0.4, 0.5) is 4.79 Å². The zero-order chi connectivity index (χ0) is 14.5. The van der Waals surface area contributed by atoms with Crippen molar-refractivity contribution in [3.05, 3.63) is 0 Å². The molecule has 2 atom stereocenters. The third kappa shape index (κ3) is 4.39. The van der Waals surface area contributed by atoms with E-state index in [1.807, 2.05) is 20.8 Å². The summed E-state index contributed by atoms with van der Waals surface area (Å²) in [6.45, 7) is 7.20. The lowest BCUT2D eigenvalue weighted by Crippen LogP contribution is -2.52. The number of hydrogen-bond donors (Lipinski definition) is 0. The second kappa shape index (κ2) is 6.76. The van der Waals surface area contributed by atoms with Gasteiger partial charge in [-0.05, 0) is 46.0 Å². The van der Waals surface area contributed by atoms with Gasteiger partial charge in [0, 0.05) is 18.8 Å². The van der Waals surface area contributed by atoms with Crippen molar-refractivity contribution in [2.45, 2.75) is 51.6 Å². The monoisotopic (exact) mass is 268 g/mol. The van der Waals surface area contributed by atoms with Crippen LogP contribution in [0.1, 0.15) is 40.0 Å². The first kappa shape index (κ1) is 15.8. The Morgan fingerprint density at radius 2 is 2.26 bits per heavy atom. The van der Waals surface area contributed by atoms with Crippen LogP contribution in [-0.2, 0) is 9.47 Å². The number of nitriles is 1. The van der Waals surface area contributed by atoms with Gasteiger partial charge in [-0.1, -0.05) is 0 Å². The van der Waals surface area contributed by atoms with Crippen LogP contribution in [0.25, 0.3) is 0 Å². The summed E-state index contributed by atoms with van der Waals surface area (Å²) in [4.78, 5) is 13.5. The molecule has 0 N–H and O–H groups in total. The molecule has 1 heterocycles. The quantitative estimate of drug-likeness (QED) is 0.789. The minimum absolute atomic E-state index is 0.341. The second-order valence-electron chi connectivity index (χ2n) is 5.97. The number of rotatable bonds is 3. The lowest BCUT2D eigenvalue weighted by Gasteiger charge is -2.39. The normalized spacial score (nSPS) is 21.3. The van der Waals surface area contributed by atoms with Gasteiger partial charge in [-0.15, -0.1) is 0 Å². The Labute approximate surface area is 115 Å². The molecule has 0 aromatic heterocycles. The summed E-state index contributed by atoms with van der Waals surface area (Å²) < 4.78 is 10.3.